The summed E-state index contributed by atoms with van der Waals surface area (Å²) in [5.41, 5.74) is 6.33. The molecule has 0 spiro atoms. The van der Waals surface area contributed by atoms with Gasteiger partial charge in [-0.3, -0.25) is 48.2 Å². The monoisotopic (exact) mass is 1490 g/mol. The second kappa shape index (κ2) is 24.3. The third-order valence-corrected chi connectivity index (χ3v) is 26.3. The van der Waals surface area contributed by atoms with Crippen molar-refractivity contribution in [2.45, 2.75) is 207 Å². The van der Waals surface area contributed by atoms with Crippen molar-refractivity contribution in [2.24, 2.45) is 0 Å². The number of hydrogen-bond donors (Lipinski definition) is 0. The molecule has 16 heteroatoms. The number of nitrogens with zero attached hydrogens (tertiary/aromatic N) is 6. The number of hydrogen-bond acceptors (Lipinski definition) is 12. The van der Waals surface area contributed by atoms with Crippen molar-refractivity contribution in [2.75, 3.05) is 36.0 Å². The van der Waals surface area contributed by atoms with Gasteiger partial charge in [0, 0.05) is 125 Å². The Bertz CT molecular complexity index is 6250. The Morgan fingerprint density at radius 2 is 0.536 bits per heavy atom. The van der Waals surface area contributed by atoms with Crippen LogP contribution < -0.4 is 19.3 Å². The Labute approximate surface area is 650 Å². The first-order valence-corrected chi connectivity index (χ1v) is 40.7. The molecule has 566 valence electrons. The van der Waals surface area contributed by atoms with Crippen LogP contribution in [0.3, 0.4) is 0 Å². The summed E-state index contributed by atoms with van der Waals surface area (Å²) in [4.78, 5) is 136. The van der Waals surface area contributed by atoms with Crippen LogP contribution in [-0.4, -0.2) is 105 Å². The van der Waals surface area contributed by atoms with Crippen molar-refractivity contribution in [1.82, 2.24) is 19.8 Å². The molecule has 2 saturated heterocycles. The van der Waals surface area contributed by atoms with E-state index in [1.54, 1.807) is 35.2 Å². The lowest BCUT2D eigenvalue weighted by molar-refractivity contribution is 0.00212. The smallest absolute Gasteiger partial charge is 0.281 e. The summed E-state index contributed by atoms with van der Waals surface area (Å²) in [5.74, 6) is -3.34. The maximum Gasteiger partial charge on any atom is 0.281 e. The molecule has 12 aromatic rings. The Morgan fingerprint density at radius 3 is 0.866 bits per heavy atom. The van der Waals surface area contributed by atoms with Crippen LogP contribution in [0.2, 0.25) is 0 Å². The molecule has 8 amide bonds. The number of benzene rings is 12. The van der Waals surface area contributed by atoms with Crippen LogP contribution in [0.4, 0.5) is 11.4 Å². The van der Waals surface area contributed by atoms with Crippen molar-refractivity contribution in [3.05, 3.63) is 176 Å². The van der Waals surface area contributed by atoms with Crippen LogP contribution in [0.1, 0.15) is 278 Å². The van der Waals surface area contributed by atoms with E-state index >= 15 is 38.4 Å². The summed E-state index contributed by atoms with van der Waals surface area (Å²) in [5, 5.41) is 11.1. The van der Waals surface area contributed by atoms with Crippen LogP contribution in [0.15, 0.2) is 109 Å². The molecule has 112 heavy (non-hydrogen) atoms. The first-order valence-electron chi connectivity index (χ1n) is 40.7. The fourth-order valence-electron chi connectivity index (χ4n) is 20.4. The molecule has 0 aromatic heterocycles. The number of fused-ring (bicyclic) bond motifs is 4. The highest BCUT2D eigenvalue weighted by molar-refractivity contribution is 6.47. The van der Waals surface area contributed by atoms with E-state index in [-0.39, 0.29) is 84.9 Å². The predicted molar refractivity (Wildman–Crippen MR) is 442 cm³/mol. The van der Waals surface area contributed by atoms with Gasteiger partial charge in [-0.05, 0) is 190 Å². The molecular formula is C96H92N6O10. The number of anilines is 2. The largest absolute Gasteiger partial charge is 0.457 e. The van der Waals surface area contributed by atoms with Gasteiger partial charge in [0.2, 0.25) is 0 Å². The summed E-state index contributed by atoms with van der Waals surface area (Å²) < 4.78 is 14.9. The van der Waals surface area contributed by atoms with E-state index in [9.17, 15) is 0 Å². The topological polar surface area (TPSA) is 174 Å². The van der Waals surface area contributed by atoms with E-state index in [1.807, 2.05) is 66.7 Å². The van der Waals surface area contributed by atoms with Gasteiger partial charge in [-0.25, -0.2) is 0 Å². The Morgan fingerprint density at radius 1 is 0.268 bits per heavy atom. The molecule has 12 aromatic carbocycles. The van der Waals surface area contributed by atoms with Crippen molar-refractivity contribution in [3.8, 4) is 23.0 Å². The number of rotatable bonds is 9. The molecule has 0 atom stereocenters. The quantitative estimate of drug-likeness (QED) is 0.0761. The number of ether oxygens (including phenoxy) is 2. The fraction of sp³-hybridized carbons (Fsp3) is 0.375. The van der Waals surface area contributed by atoms with Crippen LogP contribution in [0.5, 0.6) is 23.0 Å². The average molecular weight is 1490 g/mol. The molecule has 8 aliphatic rings. The molecule has 0 N–H and O–H groups in total. The van der Waals surface area contributed by atoms with E-state index in [2.05, 4.69) is 105 Å². The molecular weight excluding hydrogens is 1400 g/mol. The summed E-state index contributed by atoms with van der Waals surface area (Å²) in [6.07, 6.45) is 12.3. The van der Waals surface area contributed by atoms with Gasteiger partial charge in [0.05, 0.1) is 33.4 Å². The predicted octanol–water partition coefficient (Wildman–Crippen LogP) is 21.4. The SMILES string of the molecule is CC(C)(C)c1cc(Oc2cc3c4c(ccc5c6c(Oc7cc(C(C)(C)C)cc(C(C)(C)C)c7)cc7c8c(ccc(c2c45)c86)C(=O)N(N2C(=O)c4ccc5c6c(N8CCCC8)cc8c9c(ccc(c%10c(N%11CCCC%11)cc(c4c5%10)C2=O)c96)C(=O)N(C2CCCCC2)C8=O)C7=O)C(=O)N(C2CCCCC2)C3=O)cc(C(C)(C)C)c1. The second-order valence-electron chi connectivity index (χ2n) is 37.3. The minimum absolute atomic E-state index is 0.00909. The highest BCUT2D eigenvalue weighted by Crippen LogP contribution is 2.57. The number of hydrazine groups is 1. The summed E-state index contributed by atoms with van der Waals surface area (Å²) >= 11 is 0. The Balaban J connectivity index is 0.818. The summed E-state index contributed by atoms with van der Waals surface area (Å²) in [6, 6.07) is 34.1. The Kier molecular flexibility index (Phi) is 15.2. The molecule has 0 radical (unpaired) electrons. The molecule has 16 nitrogen and oxygen atoms in total. The summed E-state index contributed by atoms with van der Waals surface area (Å²) in [6.45, 7) is 28.7. The molecule has 0 bridgehead atoms. The van der Waals surface area contributed by atoms with Gasteiger partial charge in [-0.15, -0.1) is 0 Å². The first kappa shape index (κ1) is 70.1. The standard InChI is InChI=1S/C96H92N6O10/c1-93(2,3)49-39-50(94(4,5)6)42-55(41-49)111-71-47-67-74-62(86(104)100(88(67)106)54-25-17-14-18-26-54)32-29-59-80-72(112-56-43-51(95(7,8)9)40-52(44-56)96(10,11)12)48-68-76-64(34-30-60(84(76)80)79(71)83(59)74)90(108)102(92(68)110)101-89(107)63-33-28-58-77-69(97-35-19-20-36-97)45-65-73-61(85(103)99(87(65)105)53-23-15-13-16-24-53)31-27-57(81(73)77)78-70(98-37-21-22-38-98)46-66(91(101)109)75(63)82(58)78/h27-34,39-48,53-54H,13-26,35-38H2,1-12H3. The van der Waals surface area contributed by atoms with Crippen molar-refractivity contribution < 1.29 is 47.8 Å². The highest BCUT2D eigenvalue weighted by atomic mass is 16.5. The lowest BCUT2D eigenvalue weighted by Gasteiger charge is -2.38. The van der Waals surface area contributed by atoms with Crippen molar-refractivity contribution >= 4 is 145 Å². The number of imide groups is 4. The lowest BCUT2D eigenvalue weighted by atomic mass is 9.80. The van der Waals surface area contributed by atoms with E-state index in [4.69, 9.17) is 9.47 Å². The average Bonchev–Trinajstić information content (AvgIpc) is 0.840. The number of carbonyl (C=O) groups excluding carboxylic acids is 8. The first-order chi connectivity index (χ1) is 53.4. The van der Waals surface area contributed by atoms with Crippen LogP contribution in [-0.2, 0) is 21.7 Å². The molecule has 4 fully saturated rings. The maximum atomic E-state index is 16.8. The zero-order valence-corrected chi connectivity index (χ0v) is 66.0. The van der Waals surface area contributed by atoms with E-state index in [0.717, 1.165) is 161 Å². The third kappa shape index (κ3) is 10.1. The van der Waals surface area contributed by atoms with Crippen LogP contribution in [0, 0.1) is 0 Å². The fourth-order valence-corrected chi connectivity index (χ4v) is 20.4. The molecule has 6 heterocycles. The molecule has 6 aliphatic heterocycles. The van der Waals surface area contributed by atoms with Crippen LogP contribution >= 0.6 is 0 Å². The number of amides is 8. The van der Waals surface area contributed by atoms with E-state index < -0.39 is 29.5 Å². The molecule has 0 unspecified atom stereocenters. The van der Waals surface area contributed by atoms with Gasteiger partial charge in [0.25, 0.3) is 47.3 Å². The van der Waals surface area contributed by atoms with E-state index in [1.165, 1.54) is 4.90 Å². The minimum Gasteiger partial charge on any atom is -0.457 e. The number of carbonyl (C=O) groups is 8. The van der Waals surface area contributed by atoms with Crippen molar-refractivity contribution in [3.63, 3.8) is 0 Å². The van der Waals surface area contributed by atoms with Gasteiger partial charge in [0.1, 0.15) is 23.0 Å². The van der Waals surface area contributed by atoms with Gasteiger partial charge in [-0.1, -0.05) is 158 Å². The molecule has 2 aliphatic carbocycles. The minimum atomic E-state index is -0.935. The molecule has 20 rings (SSSR count). The maximum absolute atomic E-state index is 16.8. The van der Waals surface area contributed by atoms with Gasteiger partial charge >= 0.3 is 0 Å². The summed E-state index contributed by atoms with van der Waals surface area (Å²) in [7, 11) is 0. The Hall–Kier alpha value is -11.0. The third-order valence-electron chi connectivity index (χ3n) is 26.3. The molecule has 2 saturated carbocycles. The zero-order chi connectivity index (χ0) is 77.7. The van der Waals surface area contributed by atoms with Crippen LogP contribution in [0.25, 0.3) is 86.2 Å². The normalized spacial score (nSPS) is 18.4. The highest BCUT2D eigenvalue weighted by Gasteiger charge is 2.50. The zero-order valence-electron chi connectivity index (χ0n) is 66.0. The van der Waals surface area contributed by atoms with E-state index in [0.29, 0.717) is 119 Å². The van der Waals surface area contributed by atoms with Crippen molar-refractivity contribution in [1.29, 1.82) is 0 Å². The van der Waals surface area contributed by atoms with Gasteiger partial charge in [0.15, 0.2) is 0 Å². The van der Waals surface area contributed by atoms with Gasteiger partial charge < -0.3 is 19.3 Å². The second-order valence-corrected chi connectivity index (χ2v) is 37.3. The lowest BCUT2D eigenvalue weighted by Crippen LogP contribution is -2.58. The van der Waals surface area contributed by atoms with Gasteiger partial charge in [-0.2, -0.15) is 10.0 Å².